The van der Waals surface area contributed by atoms with E-state index in [1.807, 2.05) is 0 Å². The van der Waals surface area contributed by atoms with Crippen LogP contribution in [-0.4, -0.2) is 26.5 Å². The van der Waals surface area contributed by atoms with Crippen molar-refractivity contribution in [3.05, 3.63) is 24.0 Å². The van der Waals surface area contributed by atoms with Gasteiger partial charge in [-0.15, -0.1) is 0 Å². The summed E-state index contributed by atoms with van der Waals surface area (Å²) in [6, 6.07) is 3.11. The Morgan fingerprint density at radius 2 is 2.00 bits per heavy atom. The smallest absolute Gasteiger partial charge is 0.264 e. The first kappa shape index (κ1) is 16.9. The fraction of sp³-hybridized carbons (Fsp3) is 0.417. The molecule has 5 nitrogen and oxygen atoms in total. The van der Waals surface area contributed by atoms with E-state index < -0.39 is 31.3 Å². The van der Waals surface area contributed by atoms with Gasteiger partial charge in [0.05, 0.1) is 5.60 Å². The van der Waals surface area contributed by atoms with E-state index >= 15 is 0 Å². The van der Waals surface area contributed by atoms with Crippen LogP contribution in [0.15, 0.2) is 23.1 Å². The summed E-state index contributed by atoms with van der Waals surface area (Å²) < 4.78 is 40.8. The zero-order valence-corrected chi connectivity index (χ0v) is 12.8. The molecule has 0 aliphatic carbocycles. The normalized spacial score (nSPS) is 12.2. The molecule has 8 heteroatoms. The highest BCUT2D eigenvalue weighted by Gasteiger charge is 2.17. The third-order valence-corrected chi connectivity index (χ3v) is 3.47. The van der Waals surface area contributed by atoms with Crippen LogP contribution in [0.2, 0.25) is 0 Å². The summed E-state index contributed by atoms with van der Waals surface area (Å²) in [5.41, 5.74) is -0.354. The maximum absolute atomic E-state index is 13.5. The molecule has 112 valence electrons. The number of amides is 1. The van der Waals surface area contributed by atoms with Crippen molar-refractivity contribution >= 4 is 31.3 Å². The van der Waals surface area contributed by atoms with Gasteiger partial charge in [0.2, 0.25) is 5.91 Å². The van der Waals surface area contributed by atoms with Crippen LogP contribution in [0.25, 0.3) is 0 Å². The van der Waals surface area contributed by atoms with Crippen LogP contribution >= 0.6 is 10.7 Å². The van der Waals surface area contributed by atoms with Crippen molar-refractivity contribution in [1.29, 1.82) is 0 Å². The average Bonchev–Trinajstić information content (AvgIpc) is 2.23. The van der Waals surface area contributed by atoms with E-state index in [0.29, 0.717) is 0 Å². The van der Waals surface area contributed by atoms with E-state index in [1.54, 1.807) is 20.8 Å². The molecule has 0 saturated heterocycles. The summed E-state index contributed by atoms with van der Waals surface area (Å²) >= 11 is 0. The molecule has 1 aromatic rings. The molecule has 1 amide bonds. The van der Waals surface area contributed by atoms with E-state index in [-0.39, 0.29) is 12.3 Å². The molecular weight excluding hydrogens is 309 g/mol. The maximum Gasteiger partial charge on any atom is 0.264 e. The third-order valence-electron chi connectivity index (χ3n) is 2.11. The standard InChI is InChI=1S/C12H15ClFNO4S/c1-12(2,3)19-7-11(16)15-8-4-5-10(9(14)6-8)20(13,17)18/h4-6H,7H2,1-3H3,(H,15,16). The number of rotatable bonds is 4. The van der Waals surface area contributed by atoms with Gasteiger partial charge in [-0.2, -0.15) is 0 Å². The summed E-state index contributed by atoms with van der Waals surface area (Å²) in [5.74, 6) is -1.50. The highest BCUT2D eigenvalue weighted by Crippen LogP contribution is 2.22. The Balaban J connectivity index is 2.76. The number of hydrogen-bond acceptors (Lipinski definition) is 4. The van der Waals surface area contributed by atoms with Crippen molar-refractivity contribution in [2.24, 2.45) is 0 Å². The van der Waals surface area contributed by atoms with E-state index in [0.717, 1.165) is 12.1 Å². The van der Waals surface area contributed by atoms with Gasteiger partial charge in [-0.25, -0.2) is 12.8 Å². The van der Waals surface area contributed by atoms with Crippen molar-refractivity contribution in [2.45, 2.75) is 31.3 Å². The number of ether oxygens (including phenoxy) is 1. The molecule has 0 fully saturated rings. The van der Waals surface area contributed by atoms with Crippen molar-refractivity contribution in [3.63, 3.8) is 0 Å². The molecule has 0 atom stereocenters. The van der Waals surface area contributed by atoms with Crippen LogP contribution in [0, 0.1) is 5.82 Å². The molecule has 1 aromatic carbocycles. The molecule has 1 N–H and O–H groups in total. The Hall–Kier alpha value is -1.18. The number of benzene rings is 1. The molecule has 0 aromatic heterocycles. The first-order valence-corrected chi connectivity index (χ1v) is 7.98. The van der Waals surface area contributed by atoms with Crippen LogP contribution in [-0.2, 0) is 18.6 Å². The Kier molecular flexibility index (Phi) is 5.12. The molecule has 20 heavy (non-hydrogen) atoms. The zero-order chi connectivity index (χ0) is 15.6. The number of anilines is 1. The van der Waals surface area contributed by atoms with Gasteiger partial charge < -0.3 is 10.1 Å². The van der Waals surface area contributed by atoms with Gasteiger partial charge in [0, 0.05) is 16.4 Å². The summed E-state index contributed by atoms with van der Waals surface area (Å²) in [7, 11) is 0.898. The van der Waals surface area contributed by atoms with Gasteiger partial charge in [-0.05, 0) is 39.0 Å². The van der Waals surface area contributed by atoms with Gasteiger partial charge in [0.25, 0.3) is 9.05 Å². The lowest BCUT2D eigenvalue weighted by Gasteiger charge is -2.19. The van der Waals surface area contributed by atoms with Crippen molar-refractivity contribution in [2.75, 3.05) is 11.9 Å². The average molecular weight is 324 g/mol. The second kappa shape index (κ2) is 6.07. The minimum absolute atomic E-state index is 0.120. The van der Waals surface area contributed by atoms with Gasteiger partial charge in [-0.3, -0.25) is 4.79 Å². The summed E-state index contributed by atoms with van der Waals surface area (Å²) in [6.07, 6.45) is 0. The summed E-state index contributed by atoms with van der Waals surface area (Å²) in [4.78, 5) is 10.9. The highest BCUT2D eigenvalue weighted by molar-refractivity contribution is 8.13. The molecule has 1 rings (SSSR count). The van der Waals surface area contributed by atoms with Gasteiger partial charge in [0.15, 0.2) is 0 Å². The maximum atomic E-state index is 13.5. The zero-order valence-electron chi connectivity index (χ0n) is 11.2. The number of carbonyl (C=O) groups is 1. The Labute approximate surface area is 121 Å². The van der Waals surface area contributed by atoms with Crippen LogP contribution in [0.1, 0.15) is 20.8 Å². The Bertz CT molecular complexity index is 610. The highest BCUT2D eigenvalue weighted by atomic mass is 35.7. The number of hydrogen-bond donors (Lipinski definition) is 1. The SMILES string of the molecule is CC(C)(C)OCC(=O)Nc1ccc(S(=O)(=O)Cl)c(F)c1. The monoisotopic (exact) mass is 323 g/mol. The number of carbonyl (C=O) groups excluding carboxylic acids is 1. The fourth-order valence-electron chi connectivity index (χ4n) is 1.26. The molecule has 0 bridgehead atoms. The lowest BCUT2D eigenvalue weighted by Crippen LogP contribution is -2.27. The summed E-state index contributed by atoms with van der Waals surface area (Å²) in [5, 5.41) is 2.39. The third kappa shape index (κ3) is 5.44. The van der Waals surface area contributed by atoms with Crippen molar-refractivity contribution in [3.8, 4) is 0 Å². The second-order valence-electron chi connectivity index (χ2n) is 5.03. The first-order chi connectivity index (χ1) is 8.99. The van der Waals surface area contributed by atoms with Gasteiger partial charge in [0.1, 0.15) is 17.3 Å². The van der Waals surface area contributed by atoms with E-state index in [4.69, 9.17) is 15.4 Å². The van der Waals surface area contributed by atoms with Crippen LogP contribution in [0.5, 0.6) is 0 Å². The van der Waals surface area contributed by atoms with Crippen molar-refractivity contribution in [1.82, 2.24) is 0 Å². The van der Waals surface area contributed by atoms with Crippen LogP contribution in [0.4, 0.5) is 10.1 Å². The largest absolute Gasteiger partial charge is 0.366 e. The quantitative estimate of drug-likeness (QED) is 0.864. The van der Waals surface area contributed by atoms with Crippen molar-refractivity contribution < 1.29 is 22.3 Å². The van der Waals surface area contributed by atoms with Crippen LogP contribution < -0.4 is 5.32 Å². The fourth-order valence-corrected chi connectivity index (χ4v) is 2.15. The van der Waals surface area contributed by atoms with E-state index in [2.05, 4.69) is 5.32 Å². The molecule has 0 heterocycles. The first-order valence-electron chi connectivity index (χ1n) is 5.67. The minimum Gasteiger partial charge on any atom is -0.366 e. The van der Waals surface area contributed by atoms with E-state index in [1.165, 1.54) is 6.07 Å². The van der Waals surface area contributed by atoms with E-state index in [9.17, 15) is 17.6 Å². The molecule has 0 aliphatic rings. The molecule has 0 saturated carbocycles. The lowest BCUT2D eigenvalue weighted by atomic mass is 10.2. The number of halogens is 2. The molecule has 0 radical (unpaired) electrons. The van der Waals surface area contributed by atoms with Crippen LogP contribution in [0.3, 0.4) is 0 Å². The molecular formula is C12H15ClFNO4S. The summed E-state index contributed by atoms with van der Waals surface area (Å²) in [6.45, 7) is 5.18. The Morgan fingerprint density at radius 3 is 2.45 bits per heavy atom. The minimum atomic E-state index is -4.15. The molecule has 0 aliphatic heterocycles. The predicted molar refractivity (Wildman–Crippen MR) is 73.8 cm³/mol. The second-order valence-corrected chi connectivity index (χ2v) is 7.57. The lowest BCUT2D eigenvalue weighted by molar-refractivity contribution is -0.125. The van der Waals surface area contributed by atoms with Gasteiger partial charge >= 0.3 is 0 Å². The number of nitrogens with one attached hydrogen (secondary N) is 1. The predicted octanol–water partition coefficient (Wildman–Crippen LogP) is 2.51. The molecule has 0 unspecified atom stereocenters. The Morgan fingerprint density at radius 1 is 1.40 bits per heavy atom. The topological polar surface area (TPSA) is 72.5 Å². The molecule has 0 spiro atoms. The van der Waals surface area contributed by atoms with Gasteiger partial charge in [-0.1, -0.05) is 0 Å².